The quantitative estimate of drug-likeness (QED) is 0.436. The smallest absolute Gasteiger partial charge is 0.275 e. The molecule has 1 heterocycles. The van der Waals surface area contributed by atoms with Crippen molar-refractivity contribution in [2.24, 2.45) is 5.84 Å². The lowest BCUT2D eigenvalue weighted by Gasteiger charge is -2.17. The highest BCUT2D eigenvalue weighted by molar-refractivity contribution is 7.14. The molecule has 0 spiro atoms. The summed E-state index contributed by atoms with van der Waals surface area (Å²) < 4.78 is 0. The highest BCUT2D eigenvalue weighted by Gasteiger charge is 2.08. The highest BCUT2D eigenvalue weighted by atomic mass is 32.1. The van der Waals surface area contributed by atoms with Gasteiger partial charge in [0.1, 0.15) is 0 Å². The van der Waals surface area contributed by atoms with Gasteiger partial charge in [-0.2, -0.15) is 0 Å². The summed E-state index contributed by atoms with van der Waals surface area (Å²) in [6, 6.07) is 3.80. The molecule has 0 aliphatic carbocycles. The molecule has 1 aromatic rings. The van der Waals surface area contributed by atoms with E-state index in [1.807, 2.05) is 12.1 Å². The van der Waals surface area contributed by atoms with Gasteiger partial charge in [-0.3, -0.25) is 10.2 Å². The monoisotopic (exact) mass is 270 g/mol. The Hall–Kier alpha value is -0.950. The van der Waals surface area contributed by atoms with Crippen molar-refractivity contribution in [3.05, 3.63) is 21.9 Å². The van der Waals surface area contributed by atoms with E-state index in [0.717, 1.165) is 26.1 Å². The molecule has 0 unspecified atom stereocenters. The normalized spacial score (nSPS) is 11.2. The van der Waals surface area contributed by atoms with Gasteiger partial charge < -0.3 is 9.80 Å². The Bertz CT molecular complexity index is 378. The number of carbonyl (C=O) groups is 1. The maximum atomic E-state index is 11.3. The zero-order chi connectivity index (χ0) is 13.5. The van der Waals surface area contributed by atoms with Crippen LogP contribution in [-0.4, -0.2) is 49.9 Å². The first-order chi connectivity index (χ1) is 8.52. The van der Waals surface area contributed by atoms with Crippen LogP contribution in [0.4, 0.5) is 0 Å². The first-order valence-corrected chi connectivity index (χ1v) is 6.77. The second-order valence-corrected chi connectivity index (χ2v) is 5.80. The molecular weight excluding hydrogens is 248 g/mol. The van der Waals surface area contributed by atoms with Gasteiger partial charge in [0.15, 0.2) is 0 Å². The van der Waals surface area contributed by atoms with Crippen LogP contribution in [0.15, 0.2) is 12.1 Å². The third-order valence-electron chi connectivity index (χ3n) is 2.59. The minimum absolute atomic E-state index is 0.221. The van der Waals surface area contributed by atoms with E-state index in [9.17, 15) is 4.79 Å². The molecule has 0 bridgehead atoms. The van der Waals surface area contributed by atoms with Gasteiger partial charge in [0, 0.05) is 11.4 Å². The lowest BCUT2D eigenvalue weighted by atomic mass is 10.3. The van der Waals surface area contributed by atoms with Gasteiger partial charge in [0.05, 0.1) is 4.88 Å². The average molecular weight is 270 g/mol. The Morgan fingerprint density at radius 1 is 1.33 bits per heavy atom. The van der Waals surface area contributed by atoms with Crippen molar-refractivity contribution in [1.82, 2.24) is 15.2 Å². The molecule has 0 aromatic carbocycles. The summed E-state index contributed by atoms with van der Waals surface area (Å²) in [6.07, 6.45) is 1.14. The number of nitrogen functional groups attached to an aromatic ring is 1. The fraction of sp³-hybridized carbons (Fsp3) is 0.583. The first-order valence-electron chi connectivity index (χ1n) is 5.96. The molecule has 0 aliphatic rings. The van der Waals surface area contributed by atoms with Gasteiger partial charge >= 0.3 is 0 Å². The number of nitrogens with two attached hydrogens (primary N) is 1. The van der Waals surface area contributed by atoms with Crippen LogP contribution < -0.4 is 11.3 Å². The number of nitrogens with zero attached hydrogens (tertiary/aromatic N) is 2. The molecule has 3 N–H and O–H groups in total. The molecule has 0 fully saturated rings. The summed E-state index contributed by atoms with van der Waals surface area (Å²) >= 11 is 1.49. The van der Waals surface area contributed by atoms with Crippen LogP contribution in [0, 0.1) is 0 Å². The van der Waals surface area contributed by atoms with Crippen molar-refractivity contribution in [1.29, 1.82) is 0 Å². The number of carbonyl (C=O) groups excluding carboxylic acids is 1. The predicted molar refractivity (Wildman–Crippen MR) is 75.5 cm³/mol. The van der Waals surface area contributed by atoms with Crippen molar-refractivity contribution in [3.8, 4) is 0 Å². The van der Waals surface area contributed by atoms with Gasteiger partial charge in [-0.05, 0) is 52.8 Å². The van der Waals surface area contributed by atoms with E-state index in [1.54, 1.807) is 0 Å². The number of hydrazine groups is 1. The van der Waals surface area contributed by atoms with E-state index in [2.05, 4.69) is 36.4 Å². The number of amides is 1. The maximum absolute atomic E-state index is 11.3. The summed E-state index contributed by atoms with van der Waals surface area (Å²) in [5.41, 5.74) is 2.15. The SMILES string of the molecule is CN(C)CCCN(C)Cc1ccc(C(=O)NN)s1. The number of rotatable bonds is 7. The summed E-state index contributed by atoms with van der Waals surface area (Å²) in [6.45, 7) is 3.01. The van der Waals surface area contributed by atoms with Crippen molar-refractivity contribution < 1.29 is 4.79 Å². The standard InChI is InChI=1S/C12H22N4OS/c1-15(2)7-4-8-16(3)9-10-5-6-11(18-10)12(17)14-13/h5-6H,4,7-9,13H2,1-3H3,(H,14,17). The van der Waals surface area contributed by atoms with Crippen molar-refractivity contribution >= 4 is 17.2 Å². The van der Waals surface area contributed by atoms with Gasteiger partial charge in [-0.15, -0.1) is 11.3 Å². The van der Waals surface area contributed by atoms with Gasteiger partial charge in [0.25, 0.3) is 5.91 Å². The second-order valence-electron chi connectivity index (χ2n) is 4.63. The topological polar surface area (TPSA) is 61.6 Å². The van der Waals surface area contributed by atoms with Gasteiger partial charge in [0.2, 0.25) is 0 Å². The van der Waals surface area contributed by atoms with E-state index in [1.165, 1.54) is 16.2 Å². The van der Waals surface area contributed by atoms with Crippen LogP contribution >= 0.6 is 11.3 Å². The molecule has 6 heteroatoms. The number of thiophene rings is 1. The van der Waals surface area contributed by atoms with E-state index in [0.29, 0.717) is 4.88 Å². The second kappa shape index (κ2) is 7.48. The van der Waals surface area contributed by atoms with Crippen LogP contribution in [0.1, 0.15) is 21.0 Å². The number of hydrogen-bond donors (Lipinski definition) is 2. The van der Waals surface area contributed by atoms with Gasteiger partial charge in [-0.1, -0.05) is 0 Å². The Balaban J connectivity index is 2.37. The first kappa shape index (κ1) is 15.1. The van der Waals surface area contributed by atoms with Gasteiger partial charge in [-0.25, -0.2) is 5.84 Å². The van der Waals surface area contributed by atoms with Crippen molar-refractivity contribution in [2.75, 3.05) is 34.2 Å². The number of hydrogen-bond acceptors (Lipinski definition) is 5. The molecule has 0 radical (unpaired) electrons. The molecule has 0 aliphatic heterocycles. The molecule has 0 atom stereocenters. The predicted octanol–water partition coefficient (Wildman–Crippen LogP) is 0.735. The summed E-state index contributed by atoms with van der Waals surface area (Å²) in [7, 11) is 6.26. The van der Waals surface area contributed by atoms with Crippen LogP contribution in [0.5, 0.6) is 0 Å². The van der Waals surface area contributed by atoms with E-state index < -0.39 is 0 Å². The lowest BCUT2D eigenvalue weighted by molar-refractivity contribution is 0.0957. The maximum Gasteiger partial charge on any atom is 0.275 e. The van der Waals surface area contributed by atoms with Crippen LogP contribution in [0.2, 0.25) is 0 Å². The molecule has 1 rings (SSSR count). The molecule has 102 valence electrons. The van der Waals surface area contributed by atoms with Crippen molar-refractivity contribution in [2.45, 2.75) is 13.0 Å². The molecule has 0 saturated carbocycles. The Kier molecular flexibility index (Phi) is 6.28. The van der Waals surface area contributed by atoms with Crippen molar-refractivity contribution in [3.63, 3.8) is 0 Å². The Morgan fingerprint density at radius 3 is 2.67 bits per heavy atom. The minimum atomic E-state index is -0.221. The number of nitrogens with one attached hydrogen (secondary N) is 1. The highest BCUT2D eigenvalue weighted by Crippen LogP contribution is 2.17. The zero-order valence-electron chi connectivity index (χ0n) is 11.3. The minimum Gasteiger partial charge on any atom is -0.309 e. The third-order valence-corrected chi connectivity index (χ3v) is 3.66. The molecule has 5 nitrogen and oxygen atoms in total. The summed E-state index contributed by atoms with van der Waals surface area (Å²) in [4.78, 5) is 17.6. The molecule has 1 amide bonds. The molecule has 0 saturated heterocycles. The fourth-order valence-electron chi connectivity index (χ4n) is 1.66. The summed E-state index contributed by atoms with van der Waals surface area (Å²) in [5, 5.41) is 0. The van der Waals surface area contributed by atoms with Crippen LogP contribution in [0.3, 0.4) is 0 Å². The van der Waals surface area contributed by atoms with Crippen LogP contribution in [0.25, 0.3) is 0 Å². The lowest BCUT2D eigenvalue weighted by Crippen LogP contribution is -2.29. The largest absolute Gasteiger partial charge is 0.309 e. The third kappa shape index (κ3) is 5.14. The zero-order valence-corrected chi connectivity index (χ0v) is 12.1. The molecule has 18 heavy (non-hydrogen) atoms. The fourth-order valence-corrected chi connectivity index (χ4v) is 2.65. The van der Waals surface area contributed by atoms with E-state index in [4.69, 9.17) is 5.84 Å². The Morgan fingerprint density at radius 2 is 2.06 bits per heavy atom. The molecular formula is C12H22N4OS. The van der Waals surface area contributed by atoms with E-state index in [-0.39, 0.29) is 5.91 Å². The average Bonchev–Trinajstić information content (AvgIpc) is 2.76. The molecule has 1 aromatic heterocycles. The van der Waals surface area contributed by atoms with E-state index >= 15 is 0 Å². The summed E-state index contributed by atoms with van der Waals surface area (Å²) in [5.74, 6) is 4.88. The Labute approximate surface area is 113 Å². The van der Waals surface area contributed by atoms with Crippen LogP contribution in [-0.2, 0) is 6.54 Å².